The molecule has 1 fully saturated rings. The minimum Gasteiger partial charge on any atom is -0.388 e. The summed E-state index contributed by atoms with van der Waals surface area (Å²) in [4.78, 5) is 2.37. The van der Waals surface area contributed by atoms with Gasteiger partial charge in [0.1, 0.15) is 0 Å². The van der Waals surface area contributed by atoms with Crippen molar-refractivity contribution in [1.29, 1.82) is 0 Å². The highest BCUT2D eigenvalue weighted by atomic mass is 15.2. The molecule has 64 valence electrons. The summed E-state index contributed by atoms with van der Waals surface area (Å²) < 4.78 is 0. The number of hydrogen-bond donors (Lipinski definition) is 1. The van der Waals surface area contributed by atoms with Crippen molar-refractivity contribution in [1.82, 2.24) is 10.2 Å². The van der Waals surface area contributed by atoms with Crippen LogP contribution in [0.3, 0.4) is 0 Å². The first-order chi connectivity index (χ1) is 5.25. The maximum Gasteiger partial charge on any atom is 0.0486 e. The molecule has 0 saturated carbocycles. The lowest BCUT2D eigenvalue weighted by molar-refractivity contribution is 0.335. The zero-order valence-electron chi connectivity index (χ0n) is 7.56. The van der Waals surface area contributed by atoms with Crippen LogP contribution in [0.1, 0.15) is 19.8 Å². The second-order valence-corrected chi connectivity index (χ2v) is 3.19. The molecule has 1 saturated heterocycles. The van der Waals surface area contributed by atoms with Gasteiger partial charge in [-0.05, 0) is 33.4 Å². The third kappa shape index (κ3) is 1.96. The van der Waals surface area contributed by atoms with E-state index in [1.54, 1.807) is 0 Å². The van der Waals surface area contributed by atoms with Crippen LogP contribution < -0.4 is 5.32 Å². The van der Waals surface area contributed by atoms with Gasteiger partial charge in [-0.25, -0.2) is 0 Å². The second-order valence-electron chi connectivity index (χ2n) is 3.19. The Morgan fingerprint density at radius 3 is 2.91 bits per heavy atom. The van der Waals surface area contributed by atoms with Crippen molar-refractivity contribution in [2.75, 3.05) is 20.1 Å². The molecule has 1 rings (SSSR count). The van der Waals surface area contributed by atoms with E-state index in [0.29, 0.717) is 6.04 Å². The Bertz CT molecular complexity index is 142. The zero-order valence-corrected chi connectivity index (χ0v) is 7.56. The van der Waals surface area contributed by atoms with Crippen LogP contribution in [0, 0.1) is 0 Å². The Kier molecular flexibility index (Phi) is 2.94. The van der Waals surface area contributed by atoms with Gasteiger partial charge in [0, 0.05) is 18.3 Å². The molecule has 2 nitrogen and oxygen atoms in total. The van der Waals surface area contributed by atoms with Crippen molar-refractivity contribution < 1.29 is 0 Å². The van der Waals surface area contributed by atoms with Crippen LogP contribution in [0.5, 0.6) is 0 Å². The van der Waals surface area contributed by atoms with Gasteiger partial charge in [-0.15, -0.1) is 0 Å². The van der Waals surface area contributed by atoms with Crippen LogP contribution in [0.15, 0.2) is 12.3 Å². The molecule has 0 radical (unpaired) electrons. The van der Waals surface area contributed by atoms with E-state index in [-0.39, 0.29) is 0 Å². The first-order valence-electron chi connectivity index (χ1n) is 4.38. The summed E-state index contributed by atoms with van der Waals surface area (Å²) in [5.41, 5.74) is 1.19. The minimum atomic E-state index is 0.579. The summed E-state index contributed by atoms with van der Waals surface area (Å²) >= 11 is 0. The van der Waals surface area contributed by atoms with Crippen molar-refractivity contribution in [3.05, 3.63) is 12.3 Å². The van der Waals surface area contributed by atoms with E-state index in [9.17, 15) is 0 Å². The Morgan fingerprint density at radius 2 is 2.45 bits per heavy atom. The average molecular weight is 154 g/mol. The van der Waals surface area contributed by atoms with Crippen molar-refractivity contribution in [3.63, 3.8) is 0 Å². The molecule has 2 heteroatoms. The topological polar surface area (TPSA) is 15.3 Å². The summed E-state index contributed by atoms with van der Waals surface area (Å²) in [6, 6.07) is 0.579. The van der Waals surface area contributed by atoms with Crippen molar-refractivity contribution in [2.24, 2.45) is 0 Å². The summed E-state index contributed by atoms with van der Waals surface area (Å²) in [5.74, 6) is 0. The van der Waals surface area contributed by atoms with Crippen molar-refractivity contribution >= 4 is 0 Å². The molecule has 1 aliphatic rings. The number of nitrogens with zero attached hydrogens (tertiary/aromatic N) is 1. The van der Waals surface area contributed by atoms with E-state index in [1.807, 2.05) is 0 Å². The van der Waals surface area contributed by atoms with Crippen LogP contribution >= 0.6 is 0 Å². The van der Waals surface area contributed by atoms with Gasteiger partial charge in [0.25, 0.3) is 0 Å². The summed E-state index contributed by atoms with van der Waals surface area (Å²) in [5, 5.41) is 3.28. The molecular weight excluding hydrogens is 136 g/mol. The number of likely N-dealkylation sites (N-methyl/N-ethyl adjacent to an activating group) is 2. The van der Waals surface area contributed by atoms with Gasteiger partial charge < -0.3 is 5.32 Å². The molecule has 0 amide bonds. The van der Waals surface area contributed by atoms with Gasteiger partial charge in [0.2, 0.25) is 0 Å². The van der Waals surface area contributed by atoms with Crippen LogP contribution in [-0.2, 0) is 0 Å². The molecule has 0 aromatic rings. The van der Waals surface area contributed by atoms with Crippen LogP contribution in [0.2, 0.25) is 0 Å². The molecule has 0 aromatic carbocycles. The molecular formula is C9H18N2. The lowest BCUT2D eigenvalue weighted by Crippen LogP contribution is -2.32. The lowest BCUT2D eigenvalue weighted by atomic mass is 10.2. The fraction of sp³-hybridized carbons (Fsp3) is 0.778. The Hall–Kier alpha value is -0.500. The molecule has 0 aliphatic carbocycles. The smallest absolute Gasteiger partial charge is 0.0486 e. The SMILES string of the molecule is C=C(NCC)C1CCCN1C. The van der Waals surface area contributed by atoms with E-state index < -0.39 is 0 Å². The van der Waals surface area contributed by atoms with Gasteiger partial charge in [0.15, 0.2) is 0 Å². The fourth-order valence-corrected chi connectivity index (χ4v) is 1.70. The summed E-state index contributed by atoms with van der Waals surface area (Å²) in [6.07, 6.45) is 2.58. The molecule has 0 spiro atoms. The second kappa shape index (κ2) is 3.77. The van der Waals surface area contributed by atoms with Crippen LogP contribution in [0.25, 0.3) is 0 Å². The molecule has 1 unspecified atom stereocenters. The van der Waals surface area contributed by atoms with E-state index in [0.717, 1.165) is 6.54 Å². The number of rotatable bonds is 3. The predicted octanol–water partition coefficient (Wildman–Crippen LogP) is 1.20. The molecule has 0 bridgehead atoms. The molecule has 11 heavy (non-hydrogen) atoms. The maximum atomic E-state index is 4.02. The fourth-order valence-electron chi connectivity index (χ4n) is 1.70. The molecule has 1 heterocycles. The highest BCUT2D eigenvalue weighted by Gasteiger charge is 2.22. The normalized spacial score (nSPS) is 25.5. The number of nitrogens with one attached hydrogen (secondary N) is 1. The van der Waals surface area contributed by atoms with Crippen LogP contribution in [-0.4, -0.2) is 31.1 Å². The lowest BCUT2D eigenvalue weighted by Gasteiger charge is -2.22. The minimum absolute atomic E-state index is 0.579. The largest absolute Gasteiger partial charge is 0.388 e. The van der Waals surface area contributed by atoms with Crippen molar-refractivity contribution in [3.8, 4) is 0 Å². The van der Waals surface area contributed by atoms with Gasteiger partial charge in [-0.2, -0.15) is 0 Å². The Morgan fingerprint density at radius 1 is 1.73 bits per heavy atom. The third-order valence-corrected chi connectivity index (χ3v) is 2.33. The quantitative estimate of drug-likeness (QED) is 0.657. The molecule has 1 atom stereocenters. The van der Waals surface area contributed by atoms with E-state index in [1.165, 1.54) is 25.1 Å². The van der Waals surface area contributed by atoms with Crippen molar-refractivity contribution in [2.45, 2.75) is 25.8 Å². The van der Waals surface area contributed by atoms with Gasteiger partial charge in [-0.1, -0.05) is 6.58 Å². The molecule has 1 N–H and O–H groups in total. The third-order valence-electron chi connectivity index (χ3n) is 2.33. The number of likely N-dealkylation sites (tertiary alicyclic amines) is 1. The first kappa shape index (κ1) is 8.60. The molecule has 0 aromatic heterocycles. The Labute approximate surface area is 69.3 Å². The van der Waals surface area contributed by atoms with Gasteiger partial charge in [-0.3, -0.25) is 4.90 Å². The first-order valence-corrected chi connectivity index (χ1v) is 4.38. The van der Waals surface area contributed by atoms with Gasteiger partial charge in [0.05, 0.1) is 0 Å². The summed E-state index contributed by atoms with van der Waals surface area (Å²) in [7, 11) is 2.17. The van der Waals surface area contributed by atoms with E-state index in [4.69, 9.17) is 0 Å². The van der Waals surface area contributed by atoms with E-state index in [2.05, 4.69) is 30.8 Å². The summed E-state index contributed by atoms with van der Waals surface area (Å²) in [6.45, 7) is 8.34. The molecule has 1 aliphatic heterocycles. The maximum absolute atomic E-state index is 4.02. The van der Waals surface area contributed by atoms with Gasteiger partial charge >= 0.3 is 0 Å². The highest BCUT2D eigenvalue weighted by molar-refractivity contribution is 5.05. The predicted molar refractivity (Wildman–Crippen MR) is 48.5 cm³/mol. The zero-order chi connectivity index (χ0) is 8.27. The standard InChI is InChI=1S/C9H18N2/c1-4-10-8(2)9-6-5-7-11(9)3/h9-10H,2,4-7H2,1,3H3. The van der Waals surface area contributed by atoms with Crippen LogP contribution in [0.4, 0.5) is 0 Å². The Balaban J connectivity index is 2.39. The van der Waals surface area contributed by atoms with E-state index >= 15 is 0 Å². The average Bonchev–Trinajstić information content (AvgIpc) is 2.36. The highest BCUT2D eigenvalue weighted by Crippen LogP contribution is 2.18. The monoisotopic (exact) mass is 154 g/mol. The number of hydrogen-bond acceptors (Lipinski definition) is 2.